The summed E-state index contributed by atoms with van der Waals surface area (Å²) in [7, 11) is 1.69. The molecular weight excluding hydrogens is 433 g/mol. The smallest absolute Gasteiger partial charge is 0.322 e. The summed E-state index contributed by atoms with van der Waals surface area (Å²) < 4.78 is 13.4. The van der Waals surface area contributed by atoms with Crippen LogP contribution in [0, 0.1) is 5.82 Å². The largest absolute Gasteiger partial charge is 0.364 e. The molecule has 164 valence electrons. The molecule has 1 atom stereocenters. The number of H-pyrrole nitrogens is 1. The molecule has 8 nitrogen and oxygen atoms in total. The number of nitrogens with zero attached hydrogens (tertiary/aromatic N) is 4. The molecule has 0 saturated carbocycles. The Bertz CT molecular complexity index is 1250. The van der Waals surface area contributed by atoms with Crippen LogP contribution in [0.3, 0.4) is 0 Å². The highest BCUT2D eigenvalue weighted by atomic mass is 35.5. The molecular formula is C22H21ClFN7O. The number of carbonyl (C=O) groups excluding carboxylic acids is 1. The molecule has 0 saturated heterocycles. The maximum absolute atomic E-state index is 13.4. The van der Waals surface area contributed by atoms with Gasteiger partial charge in [0.05, 0.1) is 23.8 Å². The lowest BCUT2D eigenvalue weighted by atomic mass is 10.0. The molecule has 4 rings (SSSR count). The molecule has 1 unspecified atom stereocenters. The number of fused-ring (bicyclic) bond motifs is 1. The van der Waals surface area contributed by atoms with Crippen LogP contribution in [0.2, 0.25) is 5.02 Å². The summed E-state index contributed by atoms with van der Waals surface area (Å²) in [6.07, 6.45) is 3.41. The Morgan fingerprint density at radius 3 is 2.72 bits per heavy atom. The number of aromatic amines is 1. The van der Waals surface area contributed by atoms with E-state index >= 15 is 0 Å². The van der Waals surface area contributed by atoms with E-state index in [1.807, 2.05) is 31.2 Å². The number of benzene rings is 2. The van der Waals surface area contributed by atoms with E-state index in [0.717, 1.165) is 22.0 Å². The predicted molar refractivity (Wildman–Crippen MR) is 122 cm³/mol. The second kappa shape index (κ2) is 9.19. The molecule has 2 aromatic carbocycles. The number of anilines is 2. The highest BCUT2D eigenvalue weighted by Gasteiger charge is 2.21. The van der Waals surface area contributed by atoms with Gasteiger partial charge in [0.2, 0.25) is 0 Å². The molecule has 10 heteroatoms. The molecule has 3 N–H and O–H groups in total. The van der Waals surface area contributed by atoms with E-state index in [9.17, 15) is 9.18 Å². The molecule has 4 aromatic rings. The first kappa shape index (κ1) is 21.5. The Labute approximate surface area is 188 Å². The van der Waals surface area contributed by atoms with E-state index in [4.69, 9.17) is 11.6 Å². The molecule has 2 heterocycles. The van der Waals surface area contributed by atoms with Crippen molar-refractivity contribution in [1.29, 1.82) is 0 Å². The number of aromatic nitrogens is 4. The minimum absolute atomic E-state index is 0.0533. The summed E-state index contributed by atoms with van der Waals surface area (Å²) in [6.45, 7) is 2.40. The third kappa shape index (κ3) is 4.47. The van der Waals surface area contributed by atoms with Gasteiger partial charge in [-0.25, -0.2) is 14.2 Å². The Kier molecular flexibility index (Phi) is 6.18. The fourth-order valence-corrected chi connectivity index (χ4v) is 3.52. The van der Waals surface area contributed by atoms with Crippen molar-refractivity contribution in [3.8, 4) is 0 Å². The van der Waals surface area contributed by atoms with Crippen LogP contribution in [0.15, 0.2) is 54.9 Å². The van der Waals surface area contributed by atoms with E-state index in [0.29, 0.717) is 18.1 Å². The summed E-state index contributed by atoms with van der Waals surface area (Å²) in [4.78, 5) is 18.9. The van der Waals surface area contributed by atoms with Crippen molar-refractivity contribution in [3.05, 3.63) is 77.0 Å². The zero-order valence-corrected chi connectivity index (χ0v) is 18.2. The summed E-state index contributed by atoms with van der Waals surface area (Å²) >= 11 is 5.81. The van der Waals surface area contributed by atoms with Gasteiger partial charge in [-0.1, -0.05) is 35.9 Å². The minimum atomic E-state index is -0.541. The lowest BCUT2D eigenvalue weighted by Gasteiger charge is -2.27. The lowest BCUT2D eigenvalue weighted by molar-refractivity contribution is 0.208. The summed E-state index contributed by atoms with van der Waals surface area (Å²) in [5.74, 6) is 0.175. The summed E-state index contributed by atoms with van der Waals surface area (Å²) in [5, 5.41) is 18.3. The van der Waals surface area contributed by atoms with Crippen molar-refractivity contribution in [1.82, 2.24) is 25.3 Å². The van der Waals surface area contributed by atoms with E-state index in [1.54, 1.807) is 24.3 Å². The van der Waals surface area contributed by atoms with Crippen molar-refractivity contribution >= 4 is 39.9 Å². The number of halogens is 2. The molecule has 0 fully saturated rings. The van der Waals surface area contributed by atoms with Gasteiger partial charge in [-0.15, -0.1) is 0 Å². The second-order valence-corrected chi connectivity index (χ2v) is 7.68. The number of nitrogens with one attached hydrogen (secondary N) is 3. The van der Waals surface area contributed by atoms with Crippen LogP contribution >= 0.6 is 11.6 Å². The van der Waals surface area contributed by atoms with Crippen LogP contribution in [-0.4, -0.2) is 38.4 Å². The summed E-state index contributed by atoms with van der Waals surface area (Å²) in [6, 6.07) is 11.3. The quantitative estimate of drug-likeness (QED) is 0.382. The van der Waals surface area contributed by atoms with Crippen LogP contribution in [-0.2, 0) is 6.54 Å². The van der Waals surface area contributed by atoms with Crippen LogP contribution in [0.1, 0.15) is 24.2 Å². The van der Waals surface area contributed by atoms with Gasteiger partial charge < -0.3 is 15.5 Å². The monoisotopic (exact) mass is 453 g/mol. The standard InChI is InChI=1S/C22H21ClFN7O/c1-13(31(2)22(32)28-14-7-8-20(24)19(23)9-14)18-12-26-21(17-6-4-3-5-16(17)18)25-10-15-11-27-30-29-15/h3-9,11-13H,10H2,1-2H3,(H,25,26)(H,28,32)(H,27,29,30). The van der Waals surface area contributed by atoms with Crippen LogP contribution in [0.5, 0.6) is 0 Å². The topological polar surface area (TPSA) is 98.8 Å². The second-order valence-electron chi connectivity index (χ2n) is 7.27. The van der Waals surface area contributed by atoms with Crippen molar-refractivity contribution in [2.24, 2.45) is 0 Å². The first-order valence-corrected chi connectivity index (χ1v) is 10.3. The lowest BCUT2D eigenvalue weighted by Crippen LogP contribution is -2.33. The fourth-order valence-electron chi connectivity index (χ4n) is 3.34. The molecule has 0 spiro atoms. The van der Waals surface area contributed by atoms with Gasteiger partial charge in [0.15, 0.2) is 0 Å². The molecule has 32 heavy (non-hydrogen) atoms. The third-order valence-corrected chi connectivity index (χ3v) is 5.54. The number of hydrogen-bond acceptors (Lipinski definition) is 5. The first-order valence-electron chi connectivity index (χ1n) is 9.89. The maximum atomic E-state index is 13.4. The highest BCUT2D eigenvalue weighted by Crippen LogP contribution is 2.31. The van der Waals surface area contributed by atoms with Gasteiger partial charge in [-0.3, -0.25) is 0 Å². The van der Waals surface area contributed by atoms with E-state index < -0.39 is 5.82 Å². The van der Waals surface area contributed by atoms with Crippen LogP contribution < -0.4 is 10.6 Å². The van der Waals surface area contributed by atoms with Crippen molar-refractivity contribution in [3.63, 3.8) is 0 Å². The Balaban J connectivity index is 1.55. The minimum Gasteiger partial charge on any atom is -0.364 e. The van der Waals surface area contributed by atoms with Gasteiger partial charge in [-0.2, -0.15) is 15.4 Å². The molecule has 2 amide bonds. The van der Waals surface area contributed by atoms with E-state index in [1.165, 1.54) is 18.2 Å². The number of urea groups is 1. The third-order valence-electron chi connectivity index (χ3n) is 5.25. The predicted octanol–water partition coefficient (Wildman–Crippen LogP) is 4.98. The molecule has 0 aliphatic rings. The molecule has 0 bridgehead atoms. The van der Waals surface area contributed by atoms with Gasteiger partial charge in [0.25, 0.3) is 0 Å². The average molecular weight is 454 g/mol. The average Bonchev–Trinajstić information content (AvgIpc) is 3.32. The molecule has 0 aliphatic carbocycles. The van der Waals surface area contributed by atoms with Crippen molar-refractivity contribution in [2.45, 2.75) is 19.5 Å². The maximum Gasteiger partial charge on any atom is 0.322 e. The Morgan fingerprint density at radius 2 is 2.00 bits per heavy atom. The van der Waals surface area contributed by atoms with Gasteiger partial charge in [0, 0.05) is 29.9 Å². The number of carbonyl (C=O) groups is 1. The zero-order chi connectivity index (χ0) is 22.7. The summed E-state index contributed by atoms with van der Waals surface area (Å²) in [5.41, 5.74) is 2.07. The normalized spacial score (nSPS) is 11.9. The number of pyridine rings is 1. The fraction of sp³-hybridized carbons (Fsp3) is 0.182. The van der Waals surface area contributed by atoms with E-state index in [2.05, 4.69) is 31.0 Å². The van der Waals surface area contributed by atoms with Gasteiger partial charge in [0.1, 0.15) is 17.3 Å². The van der Waals surface area contributed by atoms with Gasteiger partial charge >= 0.3 is 6.03 Å². The van der Waals surface area contributed by atoms with E-state index in [-0.39, 0.29) is 17.1 Å². The Hall–Kier alpha value is -3.72. The highest BCUT2D eigenvalue weighted by molar-refractivity contribution is 6.31. The number of hydrogen-bond donors (Lipinski definition) is 3. The SMILES string of the molecule is CC(c1cnc(NCc2cn[nH]n2)c2ccccc12)N(C)C(=O)Nc1ccc(F)c(Cl)c1. The zero-order valence-electron chi connectivity index (χ0n) is 17.4. The number of rotatable bonds is 6. The molecule has 0 radical (unpaired) electrons. The van der Waals surface area contributed by atoms with Crippen molar-refractivity contribution < 1.29 is 9.18 Å². The number of amides is 2. The van der Waals surface area contributed by atoms with Crippen LogP contribution in [0.25, 0.3) is 10.8 Å². The van der Waals surface area contributed by atoms with Crippen LogP contribution in [0.4, 0.5) is 20.7 Å². The van der Waals surface area contributed by atoms with Gasteiger partial charge in [-0.05, 0) is 30.5 Å². The molecule has 2 aromatic heterocycles. The Morgan fingerprint density at radius 1 is 1.22 bits per heavy atom. The first-order chi connectivity index (χ1) is 15.4. The van der Waals surface area contributed by atoms with Crippen molar-refractivity contribution in [2.75, 3.05) is 17.7 Å². The molecule has 0 aliphatic heterocycles.